The molecule has 6 nitrogen and oxygen atoms in total. The van der Waals surface area contributed by atoms with Gasteiger partial charge in [-0.1, -0.05) is 0 Å². The fraction of sp³-hybridized carbons (Fsp3) is 0.750. The van der Waals surface area contributed by atoms with Crippen molar-refractivity contribution >= 4 is 21.7 Å². The molecule has 0 aromatic rings. The van der Waals surface area contributed by atoms with Crippen LogP contribution < -0.4 is 5.32 Å². The summed E-state index contributed by atoms with van der Waals surface area (Å²) in [5, 5.41) is 10.2. The Bertz CT molecular complexity index is 417. The summed E-state index contributed by atoms with van der Waals surface area (Å²) in [4.78, 5) is 21.5. The molecule has 106 valence electrons. The zero-order valence-electron chi connectivity index (χ0n) is 9.32. The molecule has 0 spiro atoms. The quantitative estimate of drug-likeness (QED) is 0.714. The van der Waals surface area contributed by atoms with E-state index in [0.717, 1.165) is 6.26 Å². The molecule has 0 rings (SSSR count). The van der Waals surface area contributed by atoms with E-state index < -0.39 is 52.5 Å². The van der Waals surface area contributed by atoms with Gasteiger partial charge in [-0.25, -0.2) is 13.2 Å². The van der Waals surface area contributed by atoms with Crippen molar-refractivity contribution in [3.05, 3.63) is 0 Å². The molecule has 0 aromatic heterocycles. The highest BCUT2D eigenvalue weighted by Gasteiger charge is 2.33. The minimum absolute atomic E-state index is 0.488. The predicted molar refractivity (Wildman–Crippen MR) is 54.6 cm³/mol. The number of carbonyl (C=O) groups excluding carboxylic acids is 1. The molecule has 1 unspecified atom stereocenters. The molecule has 0 fully saturated rings. The van der Waals surface area contributed by atoms with Gasteiger partial charge in [-0.05, 0) is 6.42 Å². The van der Waals surface area contributed by atoms with Gasteiger partial charge in [0.05, 0.1) is 5.75 Å². The number of carboxylic acid groups (broad SMARTS) is 1. The van der Waals surface area contributed by atoms with Gasteiger partial charge < -0.3 is 10.4 Å². The van der Waals surface area contributed by atoms with E-state index in [1.165, 1.54) is 0 Å². The van der Waals surface area contributed by atoms with Crippen LogP contribution in [0, 0.1) is 0 Å². The molecule has 1 atom stereocenters. The predicted octanol–water partition coefficient (Wildman–Crippen LogP) is -0.0571. The van der Waals surface area contributed by atoms with Crippen LogP contribution in [0.25, 0.3) is 0 Å². The zero-order chi connectivity index (χ0) is 14.6. The van der Waals surface area contributed by atoms with E-state index in [0.29, 0.717) is 0 Å². The van der Waals surface area contributed by atoms with Crippen molar-refractivity contribution in [3.63, 3.8) is 0 Å². The first-order chi connectivity index (χ1) is 7.91. The Balaban J connectivity index is 4.46. The molecule has 1 amide bonds. The lowest BCUT2D eigenvalue weighted by molar-refractivity contribution is -0.156. The first kappa shape index (κ1) is 16.7. The average molecular weight is 291 g/mol. The summed E-state index contributed by atoms with van der Waals surface area (Å²) in [5.74, 6) is -3.64. The van der Waals surface area contributed by atoms with Gasteiger partial charge >= 0.3 is 12.1 Å². The van der Waals surface area contributed by atoms with Gasteiger partial charge in [0.25, 0.3) is 0 Å². The normalized spacial score (nSPS) is 14.0. The number of halogens is 3. The number of amides is 1. The summed E-state index contributed by atoms with van der Waals surface area (Å²) in [6, 6.07) is -1.66. The minimum atomic E-state index is -4.75. The Morgan fingerprint density at radius 2 is 1.83 bits per heavy atom. The SMILES string of the molecule is CS(=O)(=O)CCC(NC(=O)CC(F)(F)F)C(=O)O. The number of carboxylic acids is 1. The molecule has 0 heterocycles. The first-order valence-corrected chi connectivity index (χ1v) is 6.73. The van der Waals surface area contributed by atoms with Crippen molar-refractivity contribution in [2.45, 2.75) is 25.1 Å². The Morgan fingerprint density at radius 1 is 1.33 bits per heavy atom. The fourth-order valence-corrected chi connectivity index (χ4v) is 1.68. The molecule has 0 aromatic carbocycles. The van der Waals surface area contributed by atoms with Crippen LogP contribution in [-0.4, -0.2) is 49.6 Å². The Morgan fingerprint density at radius 3 is 2.17 bits per heavy atom. The smallest absolute Gasteiger partial charge is 0.397 e. The molecular formula is C8H12F3NO5S. The third-order valence-corrected chi connectivity index (χ3v) is 2.75. The molecule has 2 N–H and O–H groups in total. The van der Waals surface area contributed by atoms with E-state index in [2.05, 4.69) is 0 Å². The van der Waals surface area contributed by atoms with Crippen LogP contribution in [-0.2, 0) is 19.4 Å². The molecule has 10 heteroatoms. The highest BCUT2D eigenvalue weighted by atomic mass is 32.2. The number of aliphatic carboxylic acids is 1. The lowest BCUT2D eigenvalue weighted by Crippen LogP contribution is -2.43. The fourth-order valence-electron chi connectivity index (χ4n) is 1.02. The summed E-state index contributed by atoms with van der Waals surface area (Å²) in [6.45, 7) is 0. The highest BCUT2D eigenvalue weighted by Crippen LogP contribution is 2.19. The third-order valence-electron chi connectivity index (χ3n) is 1.77. The van der Waals surface area contributed by atoms with E-state index >= 15 is 0 Å². The van der Waals surface area contributed by atoms with Crippen molar-refractivity contribution in [2.75, 3.05) is 12.0 Å². The molecular weight excluding hydrogens is 279 g/mol. The van der Waals surface area contributed by atoms with Crippen molar-refractivity contribution in [1.82, 2.24) is 5.32 Å². The largest absolute Gasteiger partial charge is 0.480 e. The Labute approximate surface area is 101 Å². The maximum atomic E-state index is 11.8. The summed E-state index contributed by atoms with van der Waals surface area (Å²) in [5.41, 5.74) is 0. The monoisotopic (exact) mass is 291 g/mol. The number of nitrogens with one attached hydrogen (secondary N) is 1. The molecule has 18 heavy (non-hydrogen) atoms. The van der Waals surface area contributed by atoms with Crippen molar-refractivity contribution < 1.29 is 36.3 Å². The molecule has 0 saturated carbocycles. The summed E-state index contributed by atoms with van der Waals surface area (Å²) >= 11 is 0. The second-order valence-corrected chi connectivity index (χ2v) is 5.93. The third kappa shape index (κ3) is 8.79. The number of carbonyl (C=O) groups is 2. The second kappa shape index (κ2) is 6.03. The van der Waals surface area contributed by atoms with Crippen LogP contribution in [0.3, 0.4) is 0 Å². The Hall–Kier alpha value is -1.32. The maximum Gasteiger partial charge on any atom is 0.397 e. The molecule has 0 bridgehead atoms. The van der Waals surface area contributed by atoms with Gasteiger partial charge in [-0.15, -0.1) is 0 Å². The lowest BCUT2D eigenvalue weighted by atomic mass is 10.2. The van der Waals surface area contributed by atoms with Gasteiger partial charge in [-0.3, -0.25) is 4.79 Å². The summed E-state index contributed by atoms with van der Waals surface area (Å²) in [6.07, 6.45) is -6.19. The molecule has 0 radical (unpaired) electrons. The zero-order valence-corrected chi connectivity index (χ0v) is 10.1. The molecule has 0 aliphatic carbocycles. The average Bonchev–Trinajstić information content (AvgIpc) is 2.06. The van der Waals surface area contributed by atoms with Gasteiger partial charge in [0.1, 0.15) is 22.3 Å². The summed E-state index contributed by atoms with van der Waals surface area (Å²) in [7, 11) is -3.46. The lowest BCUT2D eigenvalue weighted by Gasteiger charge is -2.14. The van der Waals surface area contributed by atoms with Gasteiger partial charge in [-0.2, -0.15) is 13.2 Å². The molecule has 0 aliphatic rings. The first-order valence-electron chi connectivity index (χ1n) is 4.67. The van der Waals surface area contributed by atoms with Crippen LogP contribution in [0.5, 0.6) is 0 Å². The van der Waals surface area contributed by atoms with Crippen molar-refractivity contribution in [2.24, 2.45) is 0 Å². The highest BCUT2D eigenvalue weighted by molar-refractivity contribution is 7.90. The van der Waals surface area contributed by atoms with Crippen LogP contribution in [0.2, 0.25) is 0 Å². The number of hydrogen-bond acceptors (Lipinski definition) is 4. The van der Waals surface area contributed by atoms with E-state index in [4.69, 9.17) is 5.11 Å². The number of rotatable bonds is 6. The van der Waals surface area contributed by atoms with Gasteiger partial charge in [0, 0.05) is 6.26 Å². The summed E-state index contributed by atoms with van der Waals surface area (Å²) < 4.78 is 57.1. The van der Waals surface area contributed by atoms with Crippen molar-refractivity contribution in [1.29, 1.82) is 0 Å². The van der Waals surface area contributed by atoms with Gasteiger partial charge in [0.2, 0.25) is 5.91 Å². The topological polar surface area (TPSA) is 101 Å². The maximum absolute atomic E-state index is 11.8. The number of alkyl halides is 3. The number of hydrogen-bond donors (Lipinski definition) is 2. The van der Waals surface area contributed by atoms with E-state index in [1.807, 2.05) is 0 Å². The van der Waals surface area contributed by atoms with Crippen molar-refractivity contribution in [3.8, 4) is 0 Å². The standard InChI is InChI=1S/C8H12F3NO5S/c1-18(16,17)3-2-5(7(14)15)12-6(13)4-8(9,10)11/h5H,2-4H2,1H3,(H,12,13)(H,14,15). The van der Waals surface area contributed by atoms with Crippen LogP contribution in [0.4, 0.5) is 13.2 Å². The van der Waals surface area contributed by atoms with Crippen LogP contribution in [0.1, 0.15) is 12.8 Å². The van der Waals surface area contributed by atoms with Crippen LogP contribution in [0.15, 0.2) is 0 Å². The van der Waals surface area contributed by atoms with E-state index in [-0.39, 0.29) is 0 Å². The molecule has 0 saturated heterocycles. The van der Waals surface area contributed by atoms with Gasteiger partial charge in [0.15, 0.2) is 0 Å². The van der Waals surface area contributed by atoms with E-state index in [9.17, 15) is 31.2 Å². The second-order valence-electron chi connectivity index (χ2n) is 3.67. The minimum Gasteiger partial charge on any atom is -0.480 e. The molecule has 0 aliphatic heterocycles. The van der Waals surface area contributed by atoms with E-state index in [1.54, 1.807) is 5.32 Å². The Kier molecular flexibility index (Phi) is 5.58. The van der Waals surface area contributed by atoms with Crippen LogP contribution >= 0.6 is 0 Å². The number of sulfone groups is 1.